The number of hydrogen-bond acceptors (Lipinski definition) is 4. The van der Waals surface area contributed by atoms with E-state index in [-0.39, 0.29) is 6.10 Å². The van der Waals surface area contributed by atoms with Crippen molar-refractivity contribution in [3.63, 3.8) is 0 Å². The molecule has 1 unspecified atom stereocenters. The summed E-state index contributed by atoms with van der Waals surface area (Å²) >= 11 is 0. The highest BCUT2D eigenvalue weighted by atomic mass is 16.5. The van der Waals surface area contributed by atoms with E-state index in [4.69, 9.17) is 9.94 Å². The fourth-order valence-electron chi connectivity index (χ4n) is 2.00. The van der Waals surface area contributed by atoms with Crippen molar-refractivity contribution in [2.45, 2.75) is 39.7 Å². The largest absolute Gasteiger partial charge is 0.491 e. The first-order valence-corrected chi connectivity index (χ1v) is 7.19. The van der Waals surface area contributed by atoms with Crippen molar-refractivity contribution in [3.8, 4) is 5.75 Å². The molecule has 0 aromatic heterocycles. The second-order valence-corrected chi connectivity index (χ2v) is 5.22. The van der Waals surface area contributed by atoms with Gasteiger partial charge in [0, 0.05) is 12.7 Å². The number of hydroxylamine groups is 1. The second-order valence-electron chi connectivity index (χ2n) is 5.22. The van der Waals surface area contributed by atoms with Gasteiger partial charge < -0.3 is 10.2 Å². The minimum atomic E-state index is 0.0775. The number of rotatable bonds is 8. The Morgan fingerprint density at radius 1 is 1.52 bits per heavy atom. The molecule has 0 amide bonds. The van der Waals surface area contributed by atoms with Gasteiger partial charge in [0.2, 0.25) is 0 Å². The van der Waals surface area contributed by atoms with Gasteiger partial charge in [-0.25, -0.2) is 0 Å². The maximum Gasteiger partial charge on any atom is 0.120 e. The number of aryl methyl sites for hydroxylation is 1. The standard InChI is InChI=1S/C17H26N2O2/c1-6-7-16-12-17(11-8-13(16)2)21-15(4)10-9-14(3)18-19(5)20/h6-8,11-12,15,18,20H,3,9-10H2,1-2,4-5H3/b7-6-. The number of hydrazine groups is 1. The van der Waals surface area contributed by atoms with Crippen LogP contribution in [0.4, 0.5) is 0 Å². The molecule has 4 nitrogen and oxygen atoms in total. The number of hydrogen-bond donors (Lipinski definition) is 2. The molecule has 1 aromatic rings. The first-order chi connectivity index (χ1) is 9.92. The van der Waals surface area contributed by atoms with Gasteiger partial charge in [-0.3, -0.25) is 5.21 Å². The lowest BCUT2D eigenvalue weighted by Gasteiger charge is -2.18. The number of nitrogens with zero attached hydrogens (tertiary/aromatic N) is 1. The molecule has 0 aliphatic rings. The number of ether oxygens (including phenoxy) is 1. The minimum absolute atomic E-state index is 0.0775. The Morgan fingerprint density at radius 3 is 2.86 bits per heavy atom. The normalized spacial score (nSPS) is 12.7. The molecule has 1 atom stereocenters. The van der Waals surface area contributed by atoms with Crippen LogP contribution in [-0.2, 0) is 0 Å². The first-order valence-electron chi connectivity index (χ1n) is 7.19. The van der Waals surface area contributed by atoms with Crippen molar-refractivity contribution in [1.29, 1.82) is 0 Å². The highest BCUT2D eigenvalue weighted by Gasteiger charge is 2.07. The fourth-order valence-corrected chi connectivity index (χ4v) is 2.00. The molecule has 0 aliphatic heterocycles. The molecule has 0 heterocycles. The van der Waals surface area contributed by atoms with Crippen molar-refractivity contribution >= 4 is 6.08 Å². The maximum atomic E-state index is 9.05. The molecule has 0 radical (unpaired) electrons. The van der Waals surface area contributed by atoms with Crippen molar-refractivity contribution in [2.24, 2.45) is 0 Å². The highest BCUT2D eigenvalue weighted by molar-refractivity contribution is 5.55. The number of allylic oxidation sites excluding steroid dienone is 2. The molecule has 0 spiro atoms. The average molecular weight is 290 g/mol. The predicted octanol–water partition coefficient (Wildman–Crippen LogP) is 3.91. The third-order valence-electron chi connectivity index (χ3n) is 3.11. The van der Waals surface area contributed by atoms with E-state index in [1.165, 1.54) is 18.2 Å². The van der Waals surface area contributed by atoms with Gasteiger partial charge in [-0.15, -0.1) is 5.17 Å². The monoisotopic (exact) mass is 290 g/mol. The Labute approximate surface area is 127 Å². The predicted molar refractivity (Wildman–Crippen MR) is 87.0 cm³/mol. The topological polar surface area (TPSA) is 44.7 Å². The van der Waals surface area contributed by atoms with E-state index in [1.54, 1.807) is 0 Å². The van der Waals surface area contributed by atoms with Gasteiger partial charge in [0.1, 0.15) is 5.75 Å². The van der Waals surface area contributed by atoms with E-state index < -0.39 is 0 Å². The van der Waals surface area contributed by atoms with Crippen molar-refractivity contribution < 1.29 is 9.94 Å². The van der Waals surface area contributed by atoms with Gasteiger partial charge >= 0.3 is 0 Å². The maximum absolute atomic E-state index is 9.05. The summed E-state index contributed by atoms with van der Waals surface area (Å²) in [6.07, 6.45) is 5.74. The fraction of sp³-hybridized carbons (Fsp3) is 0.412. The van der Waals surface area contributed by atoms with Gasteiger partial charge in [-0.1, -0.05) is 24.8 Å². The first kappa shape index (κ1) is 17.3. The van der Waals surface area contributed by atoms with Crippen LogP contribution in [0.5, 0.6) is 5.75 Å². The summed E-state index contributed by atoms with van der Waals surface area (Å²) in [5.74, 6) is 0.874. The summed E-state index contributed by atoms with van der Waals surface area (Å²) < 4.78 is 5.93. The number of benzene rings is 1. The van der Waals surface area contributed by atoms with E-state index in [9.17, 15) is 0 Å². The molecule has 2 N–H and O–H groups in total. The summed E-state index contributed by atoms with van der Waals surface area (Å²) in [6, 6.07) is 6.12. The van der Waals surface area contributed by atoms with Gasteiger partial charge in [0.25, 0.3) is 0 Å². The third kappa shape index (κ3) is 6.47. The zero-order chi connectivity index (χ0) is 15.8. The molecule has 21 heavy (non-hydrogen) atoms. The van der Waals surface area contributed by atoms with Crippen molar-refractivity contribution in [3.05, 3.63) is 47.7 Å². The quantitative estimate of drug-likeness (QED) is 0.712. The lowest BCUT2D eigenvalue weighted by molar-refractivity contribution is -0.103. The van der Waals surface area contributed by atoms with Crippen LogP contribution in [0.1, 0.15) is 37.8 Å². The zero-order valence-corrected chi connectivity index (χ0v) is 13.4. The van der Waals surface area contributed by atoms with Crippen LogP contribution < -0.4 is 10.2 Å². The molecule has 0 fully saturated rings. The van der Waals surface area contributed by atoms with E-state index in [1.807, 2.05) is 26.0 Å². The summed E-state index contributed by atoms with van der Waals surface area (Å²) in [5, 5.41) is 9.95. The van der Waals surface area contributed by atoms with Crippen LogP contribution >= 0.6 is 0 Å². The Morgan fingerprint density at radius 2 is 2.24 bits per heavy atom. The molecule has 116 valence electrons. The van der Waals surface area contributed by atoms with Gasteiger partial charge in [0.15, 0.2) is 0 Å². The van der Waals surface area contributed by atoms with Crippen LogP contribution in [0, 0.1) is 6.92 Å². The van der Waals surface area contributed by atoms with Crippen LogP contribution in [0.3, 0.4) is 0 Å². The Balaban J connectivity index is 2.53. The van der Waals surface area contributed by atoms with Crippen LogP contribution in [0.25, 0.3) is 6.08 Å². The van der Waals surface area contributed by atoms with Crippen LogP contribution in [0.2, 0.25) is 0 Å². The molecule has 1 aromatic carbocycles. The molecule has 4 heteroatoms. The lowest BCUT2D eigenvalue weighted by Crippen LogP contribution is -2.30. The molecule has 1 rings (SSSR count). The van der Waals surface area contributed by atoms with E-state index >= 15 is 0 Å². The molecule has 0 saturated heterocycles. The second kappa shape index (κ2) is 8.49. The third-order valence-corrected chi connectivity index (χ3v) is 3.11. The van der Waals surface area contributed by atoms with Gasteiger partial charge in [-0.2, -0.15) is 0 Å². The average Bonchev–Trinajstić information content (AvgIpc) is 2.40. The molecular weight excluding hydrogens is 264 g/mol. The zero-order valence-electron chi connectivity index (χ0n) is 13.4. The van der Waals surface area contributed by atoms with Gasteiger partial charge in [0.05, 0.1) is 6.10 Å². The molecule has 0 saturated carbocycles. The Hall–Kier alpha value is -1.78. The molecular formula is C17H26N2O2. The summed E-state index contributed by atoms with van der Waals surface area (Å²) in [6.45, 7) is 9.97. The van der Waals surface area contributed by atoms with Crippen LogP contribution in [0.15, 0.2) is 36.6 Å². The lowest BCUT2D eigenvalue weighted by atomic mass is 10.1. The minimum Gasteiger partial charge on any atom is -0.491 e. The number of nitrogens with one attached hydrogen (secondary N) is 1. The highest BCUT2D eigenvalue weighted by Crippen LogP contribution is 2.21. The van der Waals surface area contributed by atoms with Crippen molar-refractivity contribution in [1.82, 2.24) is 10.6 Å². The SMILES string of the molecule is C=C(CCC(C)Oc1ccc(C)c(/C=C\C)c1)NN(C)O. The van der Waals surface area contributed by atoms with E-state index in [2.05, 4.69) is 37.1 Å². The molecule has 0 bridgehead atoms. The van der Waals surface area contributed by atoms with E-state index in [0.717, 1.165) is 29.5 Å². The van der Waals surface area contributed by atoms with E-state index in [0.29, 0.717) is 0 Å². The van der Waals surface area contributed by atoms with Crippen molar-refractivity contribution in [2.75, 3.05) is 7.05 Å². The Kier molecular flexibility index (Phi) is 6.99. The summed E-state index contributed by atoms with van der Waals surface area (Å²) in [7, 11) is 1.51. The van der Waals surface area contributed by atoms with Crippen LogP contribution in [-0.4, -0.2) is 23.5 Å². The smallest absolute Gasteiger partial charge is 0.120 e. The molecule has 0 aliphatic carbocycles. The Bertz CT molecular complexity index is 496. The summed E-state index contributed by atoms with van der Waals surface area (Å²) in [5.41, 5.74) is 5.89. The van der Waals surface area contributed by atoms with Gasteiger partial charge in [-0.05, 0) is 56.9 Å². The summed E-state index contributed by atoms with van der Waals surface area (Å²) in [4.78, 5) is 0.